The molecule has 1 heterocycles. The highest BCUT2D eigenvalue weighted by Gasteiger charge is 2.10. The predicted molar refractivity (Wildman–Crippen MR) is 155 cm³/mol. The third kappa shape index (κ3) is 12.4. The van der Waals surface area contributed by atoms with E-state index in [-0.39, 0.29) is 11.8 Å². The van der Waals surface area contributed by atoms with E-state index in [0.29, 0.717) is 0 Å². The normalized spacial score (nSPS) is 11.6. The second-order valence-electron chi connectivity index (χ2n) is 11.0. The highest BCUT2D eigenvalue weighted by atomic mass is 16.1. The molecule has 0 spiro atoms. The van der Waals surface area contributed by atoms with Gasteiger partial charge in [0.15, 0.2) is 0 Å². The van der Waals surface area contributed by atoms with Crippen LogP contribution in [0.3, 0.4) is 0 Å². The number of imidazole rings is 1. The van der Waals surface area contributed by atoms with Crippen LogP contribution in [0.5, 0.6) is 0 Å². The number of aromatic nitrogens is 2. The SMILES string of the molecule is CCCCCCCCCCCCCCCCn1c(CCCCCNC(=O)C(C)C)nc2ccccc21. The zero-order valence-electron chi connectivity index (χ0n) is 23.8. The lowest BCUT2D eigenvalue weighted by Gasteiger charge is -2.10. The molecule has 0 aliphatic heterocycles. The summed E-state index contributed by atoms with van der Waals surface area (Å²) in [6.07, 6.45) is 23.9. The lowest BCUT2D eigenvalue weighted by Crippen LogP contribution is -2.28. The maximum absolute atomic E-state index is 11.7. The third-order valence-corrected chi connectivity index (χ3v) is 7.37. The van der Waals surface area contributed by atoms with Gasteiger partial charge >= 0.3 is 0 Å². The maximum atomic E-state index is 11.7. The molecular formula is C32H55N3O. The predicted octanol–water partition coefficient (Wildman–Crippen LogP) is 9.00. The number of carbonyl (C=O) groups excluding carboxylic acids is 1. The van der Waals surface area contributed by atoms with E-state index in [1.807, 2.05) is 13.8 Å². The summed E-state index contributed by atoms with van der Waals surface area (Å²) >= 11 is 0. The molecule has 0 aliphatic carbocycles. The fourth-order valence-corrected chi connectivity index (χ4v) is 5.03. The van der Waals surface area contributed by atoms with Crippen molar-refractivity contribution in [2.75, 3.05) is 6.54 Å². The first-order valence-electron chi connectivity index (χ1n) is 15.3. The Labute approximate surface area is 222 Å². The summed E-state index contributed by atoms with van der Waals surface area (Å²) in [7, 11) is 0. The molecule has 2 aromatic rings. The molecule has 1 aromatic carbocycles. The van der Waals surface area contributed by atoms with Gasteiger partial charge in [0.1, 0.15) is 5.82 Å². The second-order valence-corrected chi connectivity index (χ2v) is 11.0. The van der Waals surface area contributed by atoms with Crippen LogP contribution in [-0.4, -0.2) is 22.0 Å². The number of nitrogens with zero attached hydrogens (tertiary/aromatic N) is 2. The molecule has 36 heavy (non-hydrogen) atoms. The zero-order valence-corrected chi connectivity index (χ0v) is 23.8. The van der Waals surface area contributed by atoms with Crippen LogP contribution in [0.25, 0.3) is 11.0 Å². The van der Waals surface area contributed by atoms with Crippen molar-refractivity contribution in [3.8, 4) is 0 Å². The summed E-state index contributed by atoms with van der Waals surface area (Å²) in [4.78, 5) is 16.7. The van der Waals surface area contributed by atoms with Gasteiger partial charge in [-0.15, -0.1) is 0 Å². The van der Waals surface area contributed by atoms with Crippen molar-refractivity contribution in [3.63, 3.8) is 0 Å². The summed E-state index contributed by atoms with van der Waals surface area (Å²) in [5.74, 6) is 1.46. The first-order chi connectivity index (χ1) is 17.6. The fourth-order valence-electron chi connectivity index (χ4n) is 5.03. The Morgan fingerprint density at radius 1 is 0.778 bits per heavy atom. The van der Waals surface area contributed by atoms with E-state index in [1.165, 1.54) is 101 Å². The summed E-state index contributed by atoms with van der Waals surface area (Å²) in [5, 5.41) is 3.02. The van der Waals surface area contributed by atoms with Crippen molar-refractivity contribution in [2.45, 2.75) is 143 Å². The van der Waals surface area contributed by atoms with Crippen LogP contribution >= 0.6 is 0 Å². The number of hydrogen-bond donors (Lipinski definition) is 1. The van der Waals surface area contributed by atoms with E-state index in [4.69, 9.17) is 4.98 Å². The standard InChI is InChI=1S/C32H55N3O/c1-4-5-6-7-8-9-10-11-12-13-14-15-16-22-27-35-30-24-20-19-23-29(30)34-31(35)25-18-17-21-26-33-32(36)28(2)3/h19-20,23-24,28H,4-18,21-22,25-27H2,1-3H3,(H,33,36). The molecule has 0 atom stereocenters. The van der Waals surface area contributed by atoms with E-state index < -0.39 is 0 Å². The van der Waals surface area contributed by atoms with Gasteiger partial charge in [-0.05, 0) is 31.4 Å². The van der Waals surface area contributed by atoms with Gasteiger partial charge in [-0.2, -0.15) is 0 Å². The van der Waals surface area contributed by atoms with Crippen molar-refractivity contribution in [1.29, 1.82) is 0 Å². The lowest BCUT2D eigenvalue weighted by molar-refractivity contribution is -0.123. The monoisotopic (exact) mass is 497 g/mol. The number of para-hydroxylation sites is 2. The molecule has 204 valence electrons. The topological polar surface area (TPSA) is 46.9 Å². The first kappa shape index (κ1) is 30.4. The number of rotatable bonds is 22. The van der Waals surface area contributed by atoms with Gasteiger partial charge in [-0.1, -0.05) is 123 Å². The Hall–Kier alpha value is -1.84. The average molecular weight is 498 g/mol. The van der Waals surface area contributed by atoms with Crippen molar-refractivity contribution in [3.05, 3.63) is 30.1 Å². The van der Waals surface area contributed by atoms with Gasteiger partial charge in [-0.25, -0.2) is 4.98 Å². The molecule has 4 nitrogen and oxygen atoms in total. The number of nitrogens with one attached hydrogen (secondary N) is 1. The summed E-state index contributed by atoms with van der Waals surface area (Å²) in [6.45, 7) is 8.04. The van der Waals surface area contributed by atoms with Gasteiger partial charge < -0.3 is 9.88 Å². The molecule has 0 saturated heterocycles. The molecule has 0 bridgehead atoms. The zero-order chi connectivity index (χ0) is 25.8. The Kier molecular flexibility index (Phi) is 16.3. The average Bonchev–Trinajstić information content (AvgIpc) is 3.23. The number of fused-ring (bicyclic) bond motifs is 1. The molecule has 0 radical (unpaired) electrons. The molecule has 1 amide bonds. The minimum Gasteiger partial charge on any atom is -0.356 e. The molecule has 2 rings (SSSR count). The minimum absolute atomic E-state index is 0.0693. The quantitative estimate of drug-likeness (QED) is 0.165. The van der Waals surface area contributed by atoms with Gasteiger partial charge in [0.25, 0.3) is 0 Å². The lowest BCUT2D eigenvalue weighted by atomic mass is 10.0. The van der Waals surface area contributed by atoms with E-state index >= 15 is 0 Å². The molecule has 4 heteroatoms. The molecule has 0 saturated carbocycles. The van der Waals surface area contributed by atoms with Crippen LogP contribution in [0.15, 0.2) is 24.3 Å². The highest BCUT2D eigenvalue weighted by molar-refractivity contribution is 5.77. The number of amides is 1. The van der Waals surface area contributed by atoms with Crippen molar-refractivity contribution in [2.24, 2.45) is 5.92 Å². The molecular weight excluding hydrogens is 442 g/mol. The van der Waals surface area contributed by atoms with E-state index in [2.05, 4.69) is 41.1 Å². The number of hydrogen-bond acceptors (Lipinski definition) is 2. The summed E-state index contributed by atoms with van der Waals surface area (Å²) < 4.78 is 2.47. The van der Waals surface area contributed by atoms with Gasteiger partial charge in [0.2, 0.25) is 5.91 Å². The number of carbonyl (C=O) groups is 1. The van der Waals surface area contributed by atoms with Crippen LogP contribution in [0.1, 0.15) is 136 Å². The highest BCUT2D eigenvalue weighted by Crippen LogP contribution is 2.20. The third-order valence-electron chi connectivity index (χ3n) is 7.37. The van der Waals surface area contributed by atoms with Crippen LogP contribution in [0, 0.1) is 5.92 Å². The van der Waals surface area contributed by atoms with Gasteiger partial charge in [0.05, 0.1) is 11.0 Å². The van der Waals surface area contributed by atoms with E-state index in [0.717, 1.165) is 44.3 Å². The number of unbranched alkanes of at least 4 members (excludes halogenated alkanes) is 15. The van der Waals surface area contributed by atoms with Crippen LogP contribution in [-0.2, 0) is 17.8 Å². The molecule has 0 aliphatic rings. The largest absolute Gasteiger partial charge is 0.356 e. The molecule has 1 aromatic heterocycles. The van der Waals surface area contributed by atoms with Crippen LogP contribution in [0.2, 0.25) is 0 Å². The van der Waals surface area contributed by atoms with E-state index in [1.54, 1.807) is 0 Å². The van der Waals surface area contributed by atoms with Crippen molar-refractivity contribution >= 4 is 16.9 Å². The Morgan fingerprint density at radius 2 is 1.33 bits per heavy atom. The van der Waals surface area contributed by atoms with Gasteiger partial charge in [0, 0.05) is 25.4 Å². The first-order valence-corrected chi connectivity index (χ1v) is 15.3. The number of aryl methyl sites for hydroxylation is 2. The maximum Gasteiger partial charge on any atom is 0.222 e. The summed E-state index contributed by atoms with van der Waals surface area (Å²) in [5.41, 5.74) is 2.41. The van der Waals surface area contributed by atoms with Crippen LogP contribution in [0.4, 0.5) is 0 Å². The van der Waals surface area contributed by atoms with Gasteiger partial charge in [-0.3, -0.25) is 4.79 Å². The minimum atomic E-state index is 0.0693. The van der Waals surface area contributed by atoms with Crippen LogP contribution < -0.4 is 5.32 Å². The Balaban J connectivity index is 1.59. The fraction of sp³-hybridized carbons (Fsp3) is 0.750. The van der Waals surface area contributed by atoms with Crippen molar-refractivity contribution < 1.29 is 4.79 Å². The molecule has 0 fully saturated rings. The second kappa shape index (κ2) is 19.3. The Morgan fingerprint density at radius 3 is 1.94 bits per heavy atom. The molecule has 1 N–H and O–H groups in total. The van der Waals surface area contributed by atoms with E-state index in [9.17, 15) is 4.79 Å². The Bertz CT molecular complexity index is 826. The summed E-state index contributed by atoms with van der Waals surface area (Å²) in [6, 6.07) is 8.58. The smallest absolute Gasteiger partial charge is 0.222 e. The van der Waals surface area contributed by atoms with Crippen molar-refractivity contribution in [1.82, 2.24) is 14.9 Å². The number of benzene rings is 1. The molecule has 0 unspecified atom stereocenters.